The third-order valence-electron chi connectivity index (χ3n) is 4.17. The van der Waals surface area contributed by atoms with Crippen molar-refractivity contribution in [3.05, 3.63) is 59.3 Å². The Kier molecular flexibility index (Phi) is 3.41. The minimum absolute atomic E-state index is 0.185. The Bertz CT molecular complexity index is 936. The lowest BCUT2D eigenvalue weighted by molar-refractivity contribution is 0.205. The maximum atomic E-state index is 13.7. The first-order valence-electron chi connectivity index (χ1n) is 7.75. The van der Waals surface area contributed by atoms with Gasteiger partial charge in [-0.2, -0.15) is 5.10 Å². The Balaban J connectivity index is 1.57. The van der Waals surface area contributed by atoms with Crippen LogP contribution in [0.15, 0.2) is 36.5 Å². The van der Waals surface area contributed by atoms with Crippen LogP contribution < -0.4 is 5.32 Å². The molecule has 0 spiro atoms. The van der Waals surface area contributed by atoms with Crippen LogP contribution in [-0.4, -0.2) is 32.1 Å². The Hall–Kier alpha value is -2.96. The summed E-state index contributed by atoms with van der Waals surface area (Å²) in [7, 11) is 0. The second kappa shape index (κ2) is 5.59. The second-order valence-electron chi connectivity index (χ2n) is 5.87. The molecule has 0 unspecified atom stereocenters. The molecule has 1 aromatic carbocycles. The van der Waals surface area contributed by atoms with Gasteiger partial charge in [-0.25, -0.2) is 18.7 Å². The summed E-state index contributed by atoms with van der Waals surface area (Å²) >= 11 is 0. The summed E-state index contributed by atoms with van der Waals surface area (Å²) in [5, 5.41) is 7.08. The molecule has 2 aromatic heterocycles. The largest absolute Gasteiger partial charge is 0.322 e. The number of urea groups is 1. The molecule has 3 aromatic rings. The van der Waals surface area contributed by atoms with Crippen molar-refractivity contribution in [1.82, 2.24) is 19.5 Å². The van der Waals surface area contributed by atoms with Crippen LogP contribution in [0.2, 0.25) is 0 Å². The molecule has 1 aliphatic heterocycles. The van der Waals surface area contributed by atoms with Crippen LogP contribution in [0.1, 0.15) is 17.0 Å². The molecule has 0 atom stereocenters. The van der Waals surface area contributed by atoms with Gasteiger partial charge >= 0.3 is 6.03 Å². The fourth-order valence-electron chi connectivity index (χ4n) is 2.99. The molecule has 7 heteroatoms. The highest BCUT2D eigenvalue weighted by atomic mass is 19.1. The van der Waals surface area contributed by atoms with E-state index in [-0.39, 0.29) is 11.7 Å². The molecule has 6 nitrogen and oxygen atoms in total. The number of nitrogens with zero attached hydrogens (tertiary/aromatic N) is 4. The number of hydrogen-bond acceptors (Lipinski definition) is 3. The zero-order valence-electron chi connectivity index (χ0n) is 13.2. The summed E-state index contributed by atoms with van der Waals surface area (Å²) in [6, 6.07) is 7.75. The quantitative estimate of drug-likeness (QED) is 0.748. The number of halogens is 1. The Labute approximate surface area is 137 Å². The number of aromatic nitrogens is 3. The lowest BCUT2D eigenvalue weighted by Crippen LogP contribution is -2.39. The molecule has 0 saturated carbocycles. The summed E-state index contributed by atoms with van der Waals surface area (Å²) in [6.45, 7) is 2.90. The first-order chi connectivity index (χ1) is 11.6. The molecule has 4 rings (SSSR count). The van der Waals surface area contributed by atoms with Crippen molar-refractivity contribution < 1.29 is 9.18 Å². The third-order valence-corrected chi connectivity index (χ3v) is 4.17. The number of para-hydroxylation sites is 1. The highest BCUT2D eigenvalue weighted by Crippen LogP contribution is 2.21. The second-order valence-corrected chi connectivity index (χ2v) is 5.87. The van der Waals surface area contributed by atoms with Gasteiger partial charge in [0, 0.05) is 30.8 Å². The van der Waals surface area contributed by atoms with Crippen LogP contribution in [0.3, 0.4) is 0 Å². The maximum absolute atomic E-state index is 13.7. The zero-order valence-corrected chi connectivity index (χ0v) is 13.2. The topological polar surface area (TPSA) is 62.5 Å². The molecule has 24 heavy (non-hydrogen) atoms. The fourth-order valence-corrected chi connectivity index (χ4v) is 2.99. The standard InChI is InChI=1S/C17H16FN5O/c1-11-8-16-19-9-12-10-22(7-6-15(12)23(16)21-11)17(24)20-14-5-3-2-4-13(14)18/h2-5,8-9H,6-7,10H2,1H3,(H,20,24). The number of amides is 2. The van der Waals surface area contributed by atoms with Crippen molar-refractivity contribution in [3.63, 3.8) is 0 Å². The molecule has 0 radical (unpaired) electrons. The first kappa shape index (κ1) is 14.6. The van der Waals surface area contributed by atoms with Crippen molar-refractivity contribution in [3.8, 4) is 0 Å². The van der Waals surface area contributed by atoms with E-state index in [0.29, 0.717) is 19.5 Å². The molecule has 0 bridgehead atoms. The molecule has 1 aliphatic rings. The molecule has 3 heterocycles. The van der Waals surface area contributed by atoms with E-state index >= 15 is 0 Å². The van der Waals surface area contributed by atoms with Gasteiger partial charge in [0.2, 0.25) is 0 Å². The Morgan fingerprint density at radius 1 is 1.33 bits per heavy atom. The van der Waals surface area contributed by atoms with E-state index in [1.807, 2.05) is 17.5 Å². The van der Waals surface area contributed by atoms with Gasteiger partial charge in [0.05, 0.1) is 23.6 Å². The SMILES string of the molecule is Cc1cc2ncc3c(n2n1)CCN(C(=O)Nc1ccccc1F)C3. The van der Waals surface area contributed by atoms with Gasteiger partial charge in [0.1, 0.15) is 5.82 Å². The van der Waals surface area contributed by atoms with Crippen molar-refractivity contribution in [2.45, 2.75) is 19.9 Å². The average molecular weight is 325 g/mol. The predicted molar refractivity (Wildman–Crippen MR) is 87.3 cm³/mol. The van der Waals surface area contributed by atoms with Crippen LogP contribution in [0.5, 0.6) is 0 Å². The highest BCUT2D eigenvalue weighted by Gasteiger charge is 2.24. The summed E-state index contributed by atoms with van der Waals surface area (Å²) < 4.78 is 15.5. The van der Waals surface area contributed by atoms with Gasteiger partial charge in [-0.1, -0.05) is 12.1 Å². The van der Waals surface area contributed by atoms with E-state index < -0.39 is 5.82 Å². The molecular formula is C17H16FN5O. The molecule has 0 saturated heterocycles. The van der Waals surface area contributed by atoms with E-state index in [9.17, 15) is 9.18 Å². The number of fused-ring (bicyclic) bond motifs is 3. The number of rotatable bonds is 1. The molecule has 0 aliphatic carbocycles. The van der Waals surface area contributed by atoms with Gasteiger partial charge < -0.3 is 10.2 Å². The van der Waals surface area contributed by atoms with E-state index in [0.717, 1.165) is 22.6 Å². The summed E-state index contributed by atoms with van der Waals surface area (Å²) in [4.78, 5) is 18.4. The van der Waals surface area contributed by atoms with Gasteiger partial charge in [0.25, 0.3) is 0 Å². The van der Waals surface area contributed by atoms with E-state index in [2.05, 4.69) is 15.4 Å². The fraction of sp³-hybridized carbons (Fsp3) is 0.235. The van der Waals surface area contributed by atoms with E-state index in [1.165, 1.54) is 6.07 Å². The number of aryl methyl sites for hydroxylation is 1. The lowest BCUT2D eigenvalue weighted by Gasteiger charge is -2.28. The Morgan fingerprint density at radius 2 is 2.17 bits per heavy atom. The van der Waals surface area contributed by atoms with Crippen LogP contribution in [0.25, 0.3) is 5.65 Å². The number of hydrogen-bond donors (Lipinski definition) is 1. The lowest BCUT2D eigenvalue weighted by atomic mass is 10.1. The van der Waals surface area contributed by atoms with Crippen LogP contribution >= 0.6 is 0 Å². The molecular weight excluding hydrogens is 309 g/mol. The van der Waals surface area contributed by atoms with E-state index in [1.54, 1.807) is 29.3 Å². The monoisotopic (exact) mass is 325 g/mol. The van der Waals surface area contributed by atoms with Gasteiger partial charge in [-0.05, 0) is 19.1 Å². The zero-order chi connectivity index (χ0) is 16.7. The summed E-state index contributed by atoms with van der Waals surface area (Å²) in [6.07, 6.45) is 2.47. The first-order valence-corrected chi connectivity index (χ1v) is 7.75. The average Bonchev–Trinajstić information content (AvgIpc) is 2.97. The third kappa shape index (κ3) is 2.47. The molecule has 1 N–H and O–H groups in total. The minimum atomic E-state index is -0.446. The van der Waals surface area contributed by atoms with E-state index in [4.69, 9.17) is 0 Å². The smallest absolute Gasteiger partial charge is 0.320 e. The molecule has 2 amide bonds. The number of carbonyl (C=O) groups is 1. The highest BCUT2D eigenvalue weighted by molar-refractivity contribution is 5.89. The van der Waals surface area contributed by atoms with Crippen molar-refractivity contribution >= 4 is 17.4 Å². The molecule has 0 fully saturated rings. The van der Waals surface area contributed by atoms with Crippen LogP contribution in [0, 0.1) is 12.7 Å². The number of benzene rings is 1. The van der Waals surface area contributed by atoms with Gasteiger partial charge in [0.15, 0.2) is 5.65 Å². The summed E-state index contributed by atoms with van der Waals surface area (Å²) in [5.41, 5.74) is 3.94. The number of nitrogens with one attached hydrogen (secondary N) is 1. The van der Waals surface area contributed by atoms with Crippen LogP contribution in [-0.2, 0) is 13.0 Å². The number of carbonyl (C=O) groups excluding carboxylic acids is 1. The Morgan fingerprint density at radius 3 is 3.00 bits per heavy atom. The van der Waals surface area contributed by atoms with Crippen LogP contribution in [0.4, 0.5) is 14.9 Å². The predicted octanol–water partition coefficient (Wildman–Crippen LogP) is 2.77. The maximum Gasteiger partial charge on any atom is 0.322 e. The van der Waals surface area contributed by atoms with Gasteiger partial charge in [-0.3, -0.25) is 0 Å². The van der Waals surface area contributed by atoms with Crippen molar-refractivity contribution in [2.75, 3.05) is 11.9 Å². The normalized spacial score (nSPS) is 13.8. The summed E-state index contributed by atoms with van der Waals surface area (Å²) in [5.74, 6) is -0.446. The van der Waals surface area contributed by atoms with Crippen molar-refractivity contribution in [2.24, 2.45) is 0 Å². The van der Waals surface area contributed by atoms with Gasteiger partial charge in [-0.15, -0.1) is 0 Å². The van der Waals surface area contributed by atoms with Crippen molar-refractivity contribution in [1.29, 1.82) is 0 Å². The minimum Gasteiger partial charge on any atom is -0.320 e. The molecule has 122 valence electrons. The number of anilines is 1.